The predicted molar refractivity (Wildman–Crippen MR) is 83.5 cm³/mol. The third kappa shape index (κ3) is 4.89. The Kier molecular flexibility index (Phi) is 5.46. The minimum absolute atomic E-state index is 0.165. The highest BCUT2D eigenvalue weighted by Gasteiger charge is 2.26. The van der Waals surface area contributed by atoms with E-state index in [4.69, 9.17) is 0 Å². The zero-order valence-corrected chi connectivity index (χ0v) is 13.4. The van der Waals surface area contributed by atoms with Gasteiger partial charge in [0.1, 0.15) is 5.75 Å². The van der Waals surface area contributed by atoms with Crippen LogP contribution in [0.25, 0.3) is 0 Å². The molecule has 0 spiro atoms. The third-order valence-corrected chi connectivity index (χ3v) is 4.30. The highest BCUT2D eigenvalue weighted by Crippen LogP contribution is 2.35. The highest BCUT2D eigenvalue weighted by molar-refractivity contribution is 5.30. The Bertz CT molecular complexity index is 375. The lowest BCUT2D eigenvalue weighted by Gasteiger charge is -2.32. The van der Waals surface area contributed by atoms with Crippen LogP contribution in [0.5, 0.6) is 5.75 Å². The van der Waals surface area contributed by atoms with Crippen molar-refractivity contribution in [1.29, 1.82) is 0 Å². The zero-order valence-electron chi connectivity index (χ0n) is 13.4. The van der Waals surface area contributed by atoms with Gasteiger partial charge in [-0.1, -0.05) is 53.7 Å². The van der Waals surface area contributed by atoms with Gasteiger partial charge in [0.05, 0.1) is 0 Å². The minimum atomic E-state index is 0.165. The first-order chi connectivity index (χ1) is 8.72. The van der Waals surface area contributed by atoms with Crippen molar-refractivity contribution in [2.75, 3.05) is 0 Å². The molecule has 0 saturated heterocycles. The van der Waals surface area contributed by atoms with Crippen LogP contribution < -0.4 is 0 Å². The van der Waals surface area contributed by atoms with Crippen molar-refractivity contribution in [3.05, 3.63) is 29.8 Å². The molecule has 1 heteroatoms. The largest absolute Gasteiger partial charge is 0.508 e. The standard InChI is InChI=1S/C18H30O/c1-13(2)11-14(3)15(4)12-18(5,6)16-7-9-17(19)10-8-16/h7-10,13-15,19H,11-12H2,1-6H3/t14-,15-/m0/s1. The highest BCUT2D eigenvalue weighted by atomic mass is 16.3. The molecule has 1 N–H and O–H groups in total. The second-order valence-electron chi connectivity index (χ2n) is 7.22. The van der Waals surface area contributed by atoms with E-state index >= 15 is 0 Å². The molecule has 0 aliphatic heterocycles. The van der Waals surface area contributed by atoms with E-state index in [1.165, 1.54) is 18.4 Å². The summed E-state index contributed by atoms with van der Waals surface area (Å²) in [6.45, 7) is 13.9. The van der Waals surface area contributed by atoms with Gasteiger partial charge in [-0.15, -0.1) is 0 Å². The van der Waals surface area contributed by atoms with Gasteiger partial charge >= 0.3 is 0 Å². The molecule has 0 heterocycles. The molecule has 1 aromatic rings. The number of rotatable bonds is 6. The molecule has 0 unspecified atom stereocenters. The fraction of sp³-hybridized carbons (Fsp3) is 0.667. The van der Waals surface area contributed by atoms with Gasteiger partial charge in [0.2, 0.25) is 0 Å². The first-order valence-corrected chi connectivity index (χ1v) is 7.52. The lowest BCUT2D eigenvalue weighted by molar-refractivity contribution is 0.262. The first-order valence-electron chi connectivity index (χ1n) is 7.52. The van der Waals surface area contributed by atoms with Gasteiger partial charge in [0.15, 0.2) is 0 Å². The zero-order chi connectivity index (χ0) is 14.6. The van der Waals surface area contributed by atoms with Crippen LogP contribution in [-0.4, -0.2) is 5.11 Å². The van der Waals surface area contributed by atoms with Gasteiger partial charge < -0.3 is 5.11 Å². The molecule has 0 aliphatic rings. The summed E-state index contributed by atoms with van der Waals surface area (Å²) in [5, 5.41) is 9.39. The van der Waals surface area contributed by atoms with Gasteiger partial charge in [-0.3, -0.25) is 0 Å². The quantitative estimate of drug-likeness (QED) is 0.730. The molecule has 0 saturated carbocycles. The van der Waals surface area contributed by atoms with E-state index in [9.17, 15) is 5.11 Å². The van der Waals surface area contributed by atoms with Crippen LogP contribution in [0.4, 0.5) is 0 Å². The molecule has 1 rings (SSSR count). The van der Waals surface area contributed by atoms with E-state index in [1.807, 2.05) is 0 Å². The number of benzene rings is 1. The average molecular weight is 262 g/mol. The molecular formula is C18H30O. The molecule has 0 amide bonds. The molecule has 0 bridgehead atoms. The Morgan fingerprint density at radius 2 is 1.47 bits per heavy atom. The molecule has 0 aromatic heterocycles. The summed E-state index contributed by atoms with van der Waals surface area (Å²) in [6, 6.07) is 7.68. The van der Waals surface area contributed by atoms with E-state index in [1.54, 1.807) is 12.1 Å². The second kappa shape index (κ2) is 6.45. The van der Waals surface area contributed by atoms with Crippen LogP contribution in [0.15, 0.2) is 24.3 Å². The van der Waals surface area contributed by atoms with Crippen molar-refractivity contribution in [3.8, 4) is 5.75 Å². The van der Waals surface area contributed by atoms with Crippen LogP contribution in [0, 0.1) is 17.8 Å². The van der Waals surface area contributed by atoms with Gasteiger partial charge in [-0.2, -0.15) is 0 Å². The lowest BCUT2D eigenvalue weighted by atomic mass is 9.73. The normalized spacial score (nSPS) is 15.5. The van der Waals surface area contributed by atoms with Crippen LogP contribution in [0.2, 0.25) is 0 Å². The molecule has 108 valence electrons. The monoisotopic (exact) mass is 262 g/mol. The molecule has 1 aromatic carbocycles. The van der Waals surface area contributed by atoms with Crippen molar-refractivity contribution >= 4 is 0 Å². The molecule has 0 aliphatic carbocycles. The van der Waals surface area contributed by atoms with E-state index in [2.05, 4.69) is 53.7 Å². The van der Waals surface area contributed by atoms with E-state index in [-0.39, 0.29) is 5.41 Å². The maximum Gasteiger partial charge on any atom is 0.115 e. The van der Waals surface area contributed by atoms with Crippen LogP contribution in [0.3, 0.4) is 0 Å². The van der Waals surface area contributed by atoms with Gasteiger partial charge in [0, 0.05) is 0 Å². The van der Waals surface area contributed by atoms with E-state index in [0.717, 1.165) is 11.8 Å². The molecule has 0 radical (unpaired) electrons. The molecule has 1 nitrogen and oxygen atoms in total. The fourth-order valence-corrected chi connectivity index (χ4v) is 3.01. The fourth-order valence-electron chi connectivity index (χ4n) is 3.01. The topological polar surface area (TPSA) is 20.2 Å². The second-order valence-corrected chi connectivity index (χ2v) is 7.22. The first kappa shape index (κ1) is 16.1. The minimum Gasteiger partial charge on any atom is -0.508 e. The Labute approximate surface area is 119 Å². The summed E-state index contributed by atoms with van der Waals surface area (Å²) < 4.78 is 0. The molecular weight excluding hydrogens is 232 g/mol. The van der Waals surface area contributed by atoms with Crippen molar-refractivity contribution in [3.63, 3.8) is 0 Å². The average Bonchev–Trinajstić information content (AvgIpc) is 2.27. The van der Waals surface area contributed by atoms with Gasteiger partial charge in [-0.05, 0) is 53.7 Å². The van der Waals surface area contributed by atoms with Crippen molar-refractivity contribution in [2.45, 2.75) is 59.8 Å². The predicted octanol–water partition coefficient (Wildman–Crippen LogP) is 5.38. The smallest absolute Gasteiger partial charge is 0.115 e. The van der Waals surface area contributed by atoms with Crippen LogP contribution in [-0.2, 0) is 5.41 Å². The van der Waals surface area contributed by atoms with Crippen molar-refractivity contribution < 1.29 is 5.11 Å². The summed E-state index contributed by atoms with van der Waals surface area (Å²) in [5.74, 6) is 2.60. The molecule has 0 fully saturated rings. The molecule has 2 atom stereocenters. The summed E-state index contributed by atoms with van der Waals surface area (Å²) in [5.41, 5.74) is 1.48. The maximum absolute atomic E-state index is 9.39. The molecule has 19 heavy (non-hydrogen) atoms. The van der Waals surface area contributed by atoms with Crippen molar-refractivity contribution in [2.24, 2.45) is 17.8 Å². The third-order valence-electron chi connectivity index (χ3n) is 4.30. The SMILES string of the molecule is CC(C)C[C@H](C)[C@@H](C)CC(C)(C)c1ccc(O)cc1. The number of hydrogen-bond acceptors (Lipinski definition) is 1. The number of hydrogen-bond donors (Lipinski definition) is 1. The van der Waals surface area contributed by atoms with E-state index in [0.29, 0.717) is 11.7 Å². The van der Waals surface area contributed by atoms with Crippen molar-refractivity contribution in [1.82, 2.24) is 0 Å². The summed E-state index contributed by atoms with van der Waals surface area (Å²) in [7, 11) is 0. The number of aromatic hydroxyl groups is 1. The Hall–Kier alpha value is -0.980. The van der Waals surface area contributed by atoms with Crippen LogP contribution >= 0.6 is 0 Å². The Morgan fingerprint density at radius 1 is 0.947 bits per heavy atom. The van der Waals surface area contributed by atoms with Gasteiger partial charge in [0.25, 0.3) is 0 Å². The Morgan fingerprint density at radius 3 is 1.95 bits per heavy atom. The van der Waals surface area contributed by atoms with Gasteiger partial charge in [-0.25, -0.2) is 0 Å². The number of phenols is 1. The Balaban J connectivity index is 2.70. The lowest BCUT2D eigenvalue weighted by Crippen LogP contribution is -2.24. The number of phenolic OH excluding ortho intramolecular Hbond substituents is 1. The van der Waals surface area contributed by atoms with Crippen LogP contribution in [0.1, 0.15) is 59.9 Å². The summed E-state index contributed by atoms with van der Waals surface area (Å²) in [6.07, 6.45) is 2.48. The maximum atomic E-state index is 9.39. The summed E-state index contributed by atoms with van der Waals surface area (Å²) in [4.78, 5) is 0. The summed E-state index contributed by atoms with van der Waals surface area (Å²) >= 11 is 0. The van der Waals surface area contributed by atoms with E-state index < -0.39 is 0 Å².